The van der Waals surface area contributed by atoms with Crippen molar-refractivity contribution >= 4 is 45.6 Å². The molecule has 0 aliphatic carbocycles. The predicted octanol–water partition coefficient (Wildman–Crippen LogP) is 3.76. The highest BCUT2D eigenvalue weighted by atomic mass is 32.1. The molecule has 0 amide bonds. The number of ether oxygens (including phenoxy) is 1. The maximum absolute atomic E-state index is 7.64. The van der Waals surface area contributed by atoms with Crippen LogP contribution in [0.15, 0.2) is 55.1 Å². The van der Waals surface area contributed by atoms with Crippen LogP contribution in [0.2, 0.25) is 0 Å². The van der Waals surface area contributed by atoms with E-state index in [4.69, 9.17) is 22.4 Å². The van der Waals surface area contributed by atoms with E-state index in [2.05, 4.69) is 25.9 Å². The van der Waals surface area contributed by atoms with E-state index in [1.54, 1.807) is 18.6 Å². The quantitative estimate of drug-likeness (QED) is 0.324. The van der Waals surface area contributed by atoms with Crippen LogP contribution in [0.3, 0.4) is 0 Å². The first-order valence-electron chi connectivity index (χ1n) is 10.6. The Balaban J connectivity index is 1.51. The van der Waals surface area contributed by atoms with Crippen molar-refractivity contribution in [1.82, 2.24) is 20.6 Å². The first kappa shape index (κ1) is 21.9. The number of hydrogen-bond acceptors (Lipinski definition) is 7. The van der Waals surface area contributed by atoms with Crippen molar-refractivity contribution in [2.75, 3.05) is 25.5 Å². The zero-order valence-electron chi connectivity index (χ0n) is 17.9. The lowest BCUT2D eigenvalue weighted by molar-refractivity contribution is 0.162. The summed E-state index contributed by atoms with van der Waals surface area (Å²) in [7, 11) is 1.82. The van der Waals surface area contributed by atoms with Gasteiger partial charge in [-0.1, -0.05) is 24.4 Å². The first-order chi connectivity index (χ1) is 15.7. The molecular formula is C24H26N6OS. The summed E-state index contributed by atoms with van der Waals surface area (Å²) in [5.41, 5.74) is 2.53. The fourth-order valence-corrected chi connectivity index (χ4v) is 3.87. The lowest BCUT2D eigenvalue weighted by Crippen LogP contribution is -2.34. The van der Waals surface area contributed by atoms with Gasteiger partial charge < -0.3 is 26.1 Å². The van der Waals surface area contributed by atoms with Gasteiger partial charge in [-0.05, 0) is 55.1 Å². The van der Waals surface area contributed by atoms with Crippen LogP contribution in [-0.2, 0) is 0 Å². The van der Waals surface area contributed by atoms with Crippen LogP contribution in [0, 0.1) is 5.41 Å². The first-order valence-corrected chi connectivity index (χ1v) is 11.0. The molecule has 7 nitrogen and oxygen atoms in total. The van der Waals surface area contributed by atoms with Gasteiger partial charge in [0.25, 0.3) is 0 Å². The number of nitrogens with zero attached hydrogens (tertiary/aromatic N) is 2. The summed E-state index contributed by atoms with van der Waals surface area (Å²) < 4.78 is 6.09. The summed E-state index contributed by atoms with van der Waals surface area (Å²) >= 11 is 5.61. The number of aromatic nitrogens is 2. The number of rotatable bonds is 7. The third-order valence-electron chi connectivity index (χ3n) is 5.32. The highest BCUT2D eigenvalue weighted by Gasteiger charge is 2.15. The second kappa shape index (κ2) is 10.3. The number of thiocarbonyl (C=S) groups is 1. The number of nitrogens with one attached hydrogen (secondary N) is 4. The molecule has 164 valence electrons. The normalized spacial score (nSPS) is 14.7. The van der Waals surface area contributed by atoms with Gasteiger partial charge >= 0.3 is 0 Å². The third kappa shape index (κ3) is 5.27. The van der Waals surface area contributed by atoms with Gasteiger partial charge in [-0.25, -0.2) is 4.98 Å². The smallest absolute Gasteiger partial charge is 0.138 e. The Hall–Kier alpha value is -3.36. The summed E-state index contributed by atoms with van der Waals surface area (Å²) in [6.45, 7) is 1.94. The average molecular weight is 447 g/mol. The molecule has 0 saturated carbocycles. The standard InChI is InChI=1S/C24H26N6OS/c1-26-12-20(11-25)16-2-3-17-14-29-23(10-18(17)8-16)30-24(32)19-9-22(15-28-13-19)31-21-4-6-27-7-5-21/h2-3,8-15,21,25-27H,4-7H2,1H3,(H,29,30,32)/b20-12+,25-11?. The lowest BCUT2D eigenvalue weighted by atomic mass is 10.0. The summed E-state index contributed by atoms with van der Waals surface area (Å²) in [5, 5.41) is 19.2. The van der Waals surface area contributed by atoms with Crippen molar-refractivity contribution in [3.8, 4) is 5.75 Å². The minimum atomic E-state index is 0.203. The molecule has 3 heterocycles. The van der Waals surface area contributed by atoms with Crippen LogP contribution in [0.1, 0.15) is 24.0 Å². The Morgan fingerprint density at radius 2 is 1.97 bits per heavy atom. The summed E-state index contributed by atoms with van der Waals surface area (Å²) in [6, 6.07) is 9.89. The Labute approximate surface area is 192 Å². The SMILES string of the molecule is CN/C=C(\C=N)c1ccc2cnc(NC(=S)c3cncc(OC4CCNCC4)c3)cc2c1. The molecule has 4 N–H and O–H groups in total. The fourth-order valence-electron chi connectivity index (χ4n) is 3.65. The molecule has 1 aromatic carbocycles. The van der Waals surface area contributed by atoms with Gasteiger partial charge in [0.2, 0.25) is 0 Å². The van der Waals surface area contributed by atoms with Crippen molar-refractivity contribution in [3.05, 3.63) is 66.2 Å². The van der Waals surface area contributed by atoms with Crippen LogP contribution in [0.5, 0.6) is 5.75 Å². The molecule has 1 fully saturated rings. The molecule has 8 heteroatoms. The summed E-state index contributed by atoms with van der Waals surface area (Å²) in [6.07, 6.45) is 10.6. The summed E-state index contributed by atoms with van der Waals surface area (Å²) in [5.74, 6) is 1.38. The molecule has 32 heavy (non-hydrogen) atoms. The molecular weight excluding hydrogens is 420 g/mol. The van der Waals surface area contributed by atoms with E-state index >= 15 is 0 Å². The van der Waals surface area contributed by atoms with E-state index in [1.165, 1.54) is 6.21 Å². The molecule has 0 bridgehead atoms. The summed E-state index contributed by atoms with van der Waals surface area (Å²) in [4.78, 5) is 9.32. The largest absolute Gasteiger partial charge is 0.489 e. The zero-order chi connectivity index (χ0) is 22.3. The minimum absolute atomic E-state index is 0.203. The second-order valence-corrected chi connectivity index (χ2v) is 8.00. The lowest BCUT2D eigenvalue weighted by Gasteiger charge is -2.23. The molecule has 3 aromatic rings. The van der Waals surface area contributed by atoms with Crippen LogP contribution in [-0.4, -0.2) is 47.4 Å². The Morgan fingerprint density at radius 1 is 1.12 bits per heavy atom. The van der Waals surface area contributed by atoms with Gasteiger partial charge in [0, 0.05) is 48.4 Å². The number of hydrogen-bond donors (Lipinski definition) is 4. The zero-order valence-corrected chi connectivity index (χ0v) is 18.7. The maximum atomic E-state index is 7.64. The molecule has 0 spiro atoms. The van der Waals surface area contributed by atoms with Crippen LogP contribution in [0.4, 0.5) is 5.82 Å². The molecule has 0 radical (unpaired) electrons. The van der Waals surface area contributed by atoms with Crippen molar-refractivity contribution in [1.29, 1.82) is 5.41 Å². The molecule has 0 atom stereocenters. The molecule has 1 aliphatic heterocycles. The molecule has 2 aromatic heterocycles. The topological polar surface area (TPSA) is 95.0 Å². The van der Waals surface area contributed by atoms with Gasteiger partial charge in [0.05, 0.1) is 6.20 Å². The van der Waals surface area contributed by atoms with Crippen LogP contribution >= 0.6 is 12.2 Å². The van der Waals surface area contributed by atoms with E-state index in [-0.39, 0.29) is 6.10 Å². The predicted molar refractivity (Wildman–Crippen MR) is 134 cm³/mol. The third-order valence-corrected chi connectivity index (χ3v) is 5.65. The van der Waals surface area contributed by atoms with Crippen LogP contribution in [0.25, 0.3) is 16.3 Å². The fraction of sp³-hybridized carbons (Fsp3) is 0.250. The Bertz CT molecular complexity index is 1160. The van der Waals surface area contributed by atoms with E-state index in [0.717, 1.165) is 59.2 Å². The highest BCUT2D eigenvalue weighted by Crippen LogP contribution is 2.23. The molecule has 1 aliphatic rings. The number of allylic oxidation sites excluding steroid dienone is 1. The van der Waals surface area contributed by atoms with Gasteiger partial charge in [-0.2, -0.15) is 0 Å². The average Bonchev–Trinajstić information content (AvgIpc) is 2.83. The maximum Gasteiger partial charge on any atom is 0.138 e. The van der Waals surface area contributed by atoms with Crippen molar-refractivity contribution in [3.63, 3.8) is 0 Å². The van der Waals surface area contributed by atoms with E-state index in [0.29, 0.717) is 10.8 Å². The van der Waals surface area contributed by atoms with Gasteiger partial charge in [0.15, 0.2) is 0 Å². The second-order valence-electron chi connectivity index (χ2n) is 7.59. The van der Waals surface area contributed by atoms with Gasteiger partial charge in [-0.3, -0.25) is 4.98 Å². The number of anilines is 1. The van der Waals surface area contributed by atoms with E-state index < -0.39 is 0 Å². The minimum Gasteiger partial charge on any atom is -0.489 e. The Kier molecular flexibility index (Phi) is 7.03. The van der Waals surface area contributed by atoms with Gasteiger partial charge in [0.1, 0.15) is 22.7 Å². The van der Waals surface area contributed by atoms with Gasteiger partial charge in [-0.15, -0.1) is 0 Å². The number of piperidine rings is 1. The number of benzene rings is 1. The van der Waals surface area contributed by atoms with E-state index in [9.17, 15) is 0 Å². The number of fused-ring (bicyclic) bond motifs is 1. The van der Waals surface area contributed by atoms with Crippen molar-refractivity contribution in [2.24, 2.45) is 0 Å². The highest BCUT2D eigenvalue weighted by molar-refractivity contribution is 7.81. The van der Waals surface area contributed by atoms with Crippen molar-refractivity contribution < 1.29 is 4.74 Å². The Morgan fingerprint density at radius 3 is 2.75 bits per heavy atom. The molecule has 0 unspecified atom stereocenters. The molecule has 1 saturated heterocycles. The van der Waals surface area contributed by atoms with Crippen molar-refractivity contribution in [2.45, 2.75) is 18.9 Å². The number of pyridine rings is 2. The van der Waals surface area contributed by atoms with Crippen LogP contribution < -0.4 is 20.7 Å². The molecule has 4 rings (SSSR count). The monoisotopic (exact) mass is 446 g/mol. The van der Waals surface area contributed by atoms with E-state index in [1.807, 2.05) is 43.6 Å².